The number of fused-ring (bicyclic) bond motifs is 4. The number of nitrogen functional groups attached to an aromatic ring is 1. The van der Waals surface area contributed by atoms with Gasteiger partial charge in [-0.3, -0.25) is 10.2 Å². The minimum atomic E-state index is -0.571. The molecule has 5 heterocycles. The third kappa shape index (κ3) is 4.70. The van der Waals surface area contributed by atoms with Gasteiger partial charge in [-0.15, -0.1) is 0 Å². The molecule has 0 radical (unpaired) electrons. The van der Waals surface area contributed by atoms with Crippen molar-refractivity contribution in [2.24, 2.45) is 11.8 Å². The molecule has 39 heavy (non-hydrogen) atoms. The molecule has 11 heteroatoms. The molecule has 2 unspecified atom stereocenters. The first-order valence-corrected chi connectivity index (χ1v) is 13.3. The van der Waals surface area contributed by atoms with Crippen LogP contribution in [0.3, 0.4) is 0 Å². The minimum absolute atomic E-state index is 0.0183. The van der Waals surface area contributed by atoms with Crippen LogP contribution >= 0.6 is 0 Å². The number of hydrogen-bond donors (Lipinski definition) is 3. The lowest BCUT2D eigenvalue weighted by atomic mass is 9.84. The number of nitrogens with zero attached hydrogens (tertiary/aromatic N) is 3. The zero-order valence-corrected chi connectivity index (χ0v) is 22.3. The highest BCUT2D eigenvalue weighted by Gasteiger charge is 2.43. The van der Waals surface area contributed by atoms with E-state index in [1.165, 1.54) is 6.20 Å². The SMILES string of the molecule is Cc1c(-c2cc3cc(NC(=O)OC4C5COCC4CN(C(C)C)C5)ncc3c(N)c2F)cnc2c1NCCO2. The van der Waals surface area contributed by atoms with Gasteiger partial charge in [0.05, 0.1) is 18.9 Å². The first-order chi connectivity index (χ1) is 18.8. The molecule has 10 nitrogen and oxygen atoms in total. The van der Waals surface area contributed by atoms with Crippen molar-refractivity contribution in [3.63, 3.8) is 0 Å². The van der Waals surface area contributed by atoms with Crippen molar-refractivity contribution >= 4 is 34.1 Å². The van der Waals surface area contributed by atoms with Crippen LogP contribution in [0.4, 0.5) is 26.4 Å². The summed E-state index contributed by atoms with van der Waals surface area (Å²) in [5, 5.41) is 7.11. The fraction of sp³-hybridized carbons (Fsp3) is 0.464. The predicted octanol–water partition coefficient (Wildman–Crippen LogP) is 4.03. The average Bonchev–Trinajstić information content (AvgIpc) is 2.91. The van der Waals surface area contributed by atoms with Crippen LogP contribution in [0.5, 0.6) is 5.88 Å². The molecule has 2 bridgehead atoms. The molecular formula is C28H33FN6O4. The molecule has 2 saturated heterocycles. The van der Waals surface area contributed by atoms with Gasteiger partial charge in [-0.1, -0.05) is 0 Å². The van der Waals surface area contributed by atoms with Gasteiger partial charge in [0.1, 0.15) is 24.2 Å². The molecule has 1 aromatic carbocycles. The van der Waals surface area contributed by atoms with E-state index in [1.807, 2.05) is 6.92 Å². The highest BCUT2D eigenvalue weighted by molar-refractivity contribution is 5.99. The fourth-order valence-electron chi connectivity index (χ4n) is 5.86. The normalized spacial score (nSPS) is 22.6. The molecule has 2 fully saturated rings. The number of aromatic nitrogens is 2. The first-order valence-electron chi connectivity index (χ1n) is 13.3. The van der Waals surface area contributed by atoms with Crippen LogP contribution < -0.4 is 21.1 Å². The Kier molecular flexibility index (Phi) is 6.64. The molecule has 3 aromatic rings. The van der Waals surface area contributed by atoms with Gasteiger partial charge < -0.3 is 25.3 Å². The summed E-state index contributed by atoms with van der Waals surface area (Å²) in [4.78, 5) is 24.0. The Morgan fingerprint density at radius 3 is 2.72 bits per heavy atom. The van der Waals surface area contributed by atoms with Gasteiger partial charge in [0, 0.05) is 66.4 Å². The number of likely N-dealkylation sites (tertiary alicyclic amines) is 1. The van der Waals surface area contributed by atoms with E-state index in [1.54, 1.807) is 18.3 Å². The average molecular weight is 537 g/mol. The van der Waals surface area contributed by atoms with Crippen LogP contribution in [-0.2, 0) is 9.47 Å². The Labute approximate surface area is 226 Å². The zero-order chi connectivity index (χ0) is 27.3. The summed E-state index contributed by atoms with van der Waals surface area (Å²) in [6.07, 6.45) is 2.26. The number of piperidine rings is 1. The number of carbonyl (C=O) groups is 1. The van der Waals surface area contributed by atoms with Crippen molar-refractivity contribution < 1.29 is 23.4 Å². The summed E-state index contributed by atoms with van der Waals surface area (Å²) in [5.74, 6) is 0.479. The number of anilines is 3. The van der Waals surface area contributed by atoms with Gasteiger partial charge in [0.25, 0.3) is 0 Å². The third-order valence-corrected chi connectivity index (χ3v) is 7.97. The molecule has 3 aliphatic rings. The van der Waals surface area contributed by atoms with Crippen molar-refractivity contribution in [2.45, 2.75) is 32.9 Å². The number of benzene rings is 1. The van der Waals surface area contributed by atoms with E-state index < -0.39 is 11.9 Å². The van der Waals surface area contributed by atoms with E-state index in [-0.39, 0.29) is 23.6 Å². The molecule has 4 N–H and O–H groups in total. The number of halogens is 1. The van der Waals surface area contributed by atoms with Crippen molar-refractivity contribution in [3.05, 3.63) is 35.9 Å². The number of rotatable bonds is 4. The lowest BCUT2D eigenvalue weighted by molar-refractivity contribution is -0.128. The molecule has 0 aliphatic carbocycles. The number of carbonyl (C=O) groups excluding carboxylic acids is 1. The van der Waals surface area contributed by atoms with E-state index in [0.717, 1.165) is 24.3 Å². The monoisotopic (exact) mass is 536 g/mol. The Morgan fingerprint density at radius 2 is 1.97 bits per heavy atom. The van der Waals surface area contributed by atoms with Gasteiger partial charge in [0.15, 0.2) is 5.82 Å². The Balaban J connectivity index is 1.25. The molecule has 0 spiro atoms. The van der Waals surface area contributed by atoms with Crippen LogP contribution in [-0.4, -0.2) is 72.6 Å². The van der Waals surface area contributed by atoms with E-state index in [9.17, 15) is 4.79 Å². The molecule has 6 rings (SSSR count). The van der Waals surface area contributed by atoms with Crippen molar-refractivity contribution in [1.82, 2.24) is 14.9 Å². The van der Waals surface area contributed by atoms with E-state index in [0.29, 0.717) is 66.0 Å². The summed E-state index contributed by atoms with van der Waals surface area (Å²) in [6, 6.07) is 3.80. The van der Waals surface area contributed by atoms with Crippen LogP contribution in [0.15, 0.2) is 24.5 Å². The van der Waals surface area contributed by atoms with Gasteiger partial charge in [-0.05, 0) is 43.9 Å². The number of nitrogens with two attached hydrogens (primary N) is 1. The van der Waals surface area contributed by atoms with Crippen LogP contribution in [0.2, 0.25) is 0 Å². The smallest absolute Gasteiger partial charge is 0.413 e. The molecule has 0 saturated carbocycles. The Bertz CT molecular complexity index is 1420. The quantitative estimate of drug-likeness (QED) is 0.424. The predicted molar refractivity (Wildman–Crippen MR) is 146 cm³/mol. The highest BCUT2D eigenvalue weighted by atomic mass is 19.1. The van der Waals surface area contributed by atoms with E-state index in [2.05, 4.69) is 39.3 Å². The minimum Gasteiger partial charge on any atom is -0.474 e. The van der Waals surface area contributed by atoms with Crippen LogP contribution in [0, 0.1) is 24.6 Å². The molecule has 206 valence electrons. The Hall–Kier alpha value is -3.70. The number of nitrogens with one attached hydrogen (secondary N) is 2. The molecular weight excluding hydrogens is 503 g/mol. The van der Waals surface area contributed by atoms with Gasteiger partial charge >= 0.3 is 6.09 Å². The van der Waals surface area contributed by atoms with Gasteiger partial charge in [-0.25, -0.2) is 19.2 Å². The summed E-state index contributed by atoms with van der Waals surface area (Å²) < 4.78 is 32.7. The van der Waals surface area contributed by atoms with E-state index >= 15 is 4.39 Å². The molecule has 2 aromatic heterocycles. The lowest BCUT2D eigenvalue weighted by Crippen LogP contribution is -2.58. The maximum absolute atomic E-state index is 15.5. The first kappa shape index (κ1) is 25.6. The van der Waals surface area contributed by atoms with Gasteiger partial charge in [-0.2, -0.15) is 0 Å². The highest BCUT2D eigenvalue weighted by Crippen LogP contribution is 2.39. The largest absolute Gasteiger partial charge is 0.474 e. The number of hydrogen-bond acceptors (Lipinski definition) is 9. The molecule has 1 amide bonds. The number of amides is 1. The lowest BCUT2D eigenvalue weighted by Gasteiger charge is -2.47. The molecule has 2 atom stereocenters. The second kappa shape index (κ2) is 10.1. The summed E-state index contributed by atoms with van der Waals surface area (Å²) in [7, 11) is 0. The van der Waals surface area contributed by atoms with Crippen molar-refractivity contribution in [1.29, 1.82) is 0 Å². The summed E-state index contributed by atoms with van der Waals surface area (Å²) in [6.45, 7) is 10.2. The summed E-state index contributed by atoms with van der Waals surface area (Å²) >= 11 is 0. The maximum atomic E-state index is 15.5. The van der Waals surface area contributed by atoms with Gasteiger partial charge in [0.2, 0.25) is 5.88 Å². The third-order valence-electron chi connectivity index (χ3n) is 7.97. The fourth-order valence-corrected chi connectivity index (χ4v) is 5.86. The Morgan fingerprint density at radius 1 is 1.21 bits per heavy atom. The zero-order valence-electron chi connectivity index (χ0n) is 22.3. The second-order valence-electron chi connectivity index (χ2n) is 10.8. The van der Waals surface area contributed by atoms with Crippen LogP contribution in [0.1, 0.15) is 19.4 Å². The number of pyridine rings is 2. The van der Waals surface area contributed by atoms with Crippen LogP contribution in [0.25, 0.3) is 21.9 Å². The standard InChI is InChI=1S/C28H33FN6O4/c1-14(2)35-10-17-12-37-13-18(11-35)26(17)39-28(36)34-22-7-16-6-19(23(29)24(30)21(16)9-32-22)20-8-33-27-25(15(20)3)31-4-5-38-27/h6-9,14,17-18,26,31H,4-5,10-13,30H2,1-3H3,(H,32,34,36). The van der Waals surface area contributed by atoms with Crippen molar-refractivity contribution in [2.75, 3.05) is 55.8 Å². The van der Waals surface area contributed by atoms with Crippen molar-refractivity contribution in [3.8, 4) is 17.0 Å². The molecule has 3 aliphatic heterocycles. The topological polar surface area (TPSA) is 124 Å². The second-order valence-corrected chi connectivity index (χ2v) is 10.8. The number of ether oxygens (including phenoxy) is 3. The summed E-state index contributed by atoms with van der Waals surface area (Å²) in [5.41, 5.74) is 8.65. The maximum Gasteiger partial charge on any atom is 0.413 e. The van der Waals surface area contributed by atoms with E-state index in [4.69, 9.17) is 19.9 Å².